The second-order valence-corrected chi connectivity index (χ2v) is 9.10. The van der Waals surface area contributed by atoms with Gasteiger partial charge >= 0.3 is 0 Å². The van der Waals surface area contributed by atoms with Gasteiger partial charge in [0.25, 0.3) is 11.8 Å². The summed E-state index contributed by atoms with van der Waals surface area (Å²) in [6.45, 7) is 7.25. The molecule has 0 atom stereocenters. The van der Waals surface area contributed by atoms with Crippen LogP contribution in [-0.4, -0.2) is 23.6 Å². The summed E-state index contributed by atoms with van der Waals surface area (Å²) < 4.78 is 0. The van der Waals surface area contributed by atoms with Gasteiger partial charge in [-0.15, -0.1) is 22.7 Å². The quantitative estimate of drug-likeness (QED) is 0.504. The molecule has 2 rings (SSSR count). The Bertz CT molecular complexity index is 913. The van der Waals surface area contributed by atoms with Crippen molar-refractivity contribution in [2.45, 2.75) is 47.0 Å². The van der Waals surface area contributed by atoms with Crippen molar-refractivity contribution in [1.82, 2.24) is 0 Å². The lowest BCUT2D eigenvalue weighted by molar-refractivity contribution is -0.117. The first-order valence-corrected chi connectivity index (χ1v) is 10.6. The molecular formula is C19H24N4O4S2. The maximum atomic E-state index is 12.2. The number of carbonyl (C=O) groups is 4. The topological polar surface area (TPSA) is 144 Å². The van der Waals surface area contributed by atoms with E-state index in [4.69, 9.17) is 11.5 Å². The number of aryl methyl sites for hydroxylation is 2. The van der Waals surface area contributed by atoms with Crippen molar-refractivity contribution < 1.29 is 19.2 Å². The van der Waals surface area contributed by atoms with Gasteiger partial charge in [-0.1, -0.05) is 0 Å². The zero-order valence-electron chi connectivity index (χ0n) is 16.7. The van der Waals surface area contributed by atoms with Crippen LogP contribution in [0.3, 0.4) is 0 Å². The van der Waals surface area contributed by atoms with E-state index in [0.29, 0.717) is 27.5 Å². The maximum Gasteiger partial charge on any atom is 0.251 e. The van der Waals surface area contributed by atoms with Crippen LogP contribution in [0.1, 0.15) is 60.9 Å². The Morgan fingerprint density at radius 3 is 1.38 bits per heavy atom. The summed E-state index contributed by atoms with van der Waals surface area (Å²) in [5.74, 6) is -1.79. The molecule has 0 fully saturated rings. The van der Waals surface area contributed by atoms with Crippen LogP contribution in [0.15, 0.2) is 0 Å². The van der Waals surface area contributed by atoms with E-state index in [9.17, 15) is 19.2 Å². The SMILES string of the molecule is Cc1sc(NC(=O)CCCC(=O)Nc2sc(C)c(C)c2C(N)=O)c(C(N)=O)c1C. The molecule has 0 bridgehead atoms. The van der Waals surface area contributed by atoms with Crippen LogP contribution in [0.25, 0.3) is 0 Å². The molecule has 0 aliphatic carbocycles. The van der Waals surface area contributed by atoms with Crippen LogP contribution in [0.2, 0.25) is 0 Å². The number of nitrogens with one attached hydrogen (secondary N) is 2. The van der Waals surface area contributed by atoms with E-state index in [1.54, 1.807) is 13.8 Å². The van der Waals surface area contributed by atoms with Gasteiger partial charge in [0.05, 0.1) is 11.1 Å². The van der Waals surface area contributed by atoms with Crippen molar-refractivity contribution in [3.05, 3.63) is 32.0 Å². The molecule has 0 unspecified atom stereocenters. The Kier molecular flexibility index (Phi) is 7.15. The number of hydrogen-bond acceptors (Lipinski definition) is 6. The van der Waals surface area contributed by atoms with Crippen LogP contribution in [0.5, 0.6) is 0 Å². The van der Waals surface area contributed by atoms with Gasteiger partial charge in [0, 0.05) is 22.6 Å². The molecule has 2 aromatic heterocycles. The molecule has 0 saturated carbocycles. The summed E-state index contributed by atoms with van der Waals surface area (Å²) in [7, 11) is 0. The number of carbonyl (C=O) groups excluding carboxylic acids is 4. The normalized spacial score (nSPS) is 10.6. The first kappa shape index (κ1) is 22.6. The number of anilines is 2. The highest BCUT2D eigenvalue weighted by atomic mass is 32.1. The van der Waals surface area contributed by atoms with Gasteiger partial charge in [0.1, 0.15) is 10.0 Å². The predicted octanol–water partition coefficient (Wildman–Crippen LogP) is 2.99. The van der Waals surface area contributed by atoms with Crippen molar-refractivity contribution >= 4 is 56.3 Å². The Morgan fingerprint density at radius 1 is 0.724 bits per heavy atom. The largest absolute Gasteiger partial charge is 0.365 e. The number of nitrogens with two attached hydrogens (primary N) is 2. The molecule has 8 nitrogen and oxygen atoms in total. The lowest BCUT2D eigenvalue weighted by Crippen LogP contribution is -2.19. The second kappa shape index (κ2) is 9.19. The Hall–Kier alpha value is -2.72. The molecule has 0 aromatic carbocycles. The Morgan fingerprint density at radius 2 is 1.07 bits per heavy atom. The van der Waals surface area contributed by atoms with Crippen LogP contribution in [0.4, 0.5) is 10.0 Å². The Balaban J connectivity index is 1.91. The van der Waals surface area contributed by atoms with E-state index in [2.05, 4.69) is 10.6 Å². The molecule has 4 amide bonds. The third kappa shape index (κ3) is 5.21. The monoisotopic (exact) mass is 436 g/mol. The highest BCUT2D eigenvalue weighted by molar-refractivity contribution is 7.17. The predicted molar refractivity (Wildman–Crippen MR) is 116 cm³/mol. The zero-order chi connectivity index (χ0) is 21.9. The summed E-state index contributed by atoms with van der Waals surface area (Å²) >= 11 is 2.59. The zero-order valence-corrected chi connectivity index (χ0v) is 18.4. The lowest BCUT2D eigenvalue weighted by Gasteiger charge is -2.06. The fourth-order valence-electron chi connectivity index (χ4n) is 2.81. The van der Waals surface area contributed by atoms with Crippen molar-refractivity contribution in [3.63, 3.8) is 0 Å². The fraction of sp³-hybridized carbons (Fsp3) is 0.368. The van der Waals surface area contributed by atoms with E-state index in [-0.39, 0.29) is 24.7 Å². The smallest absolute Gasteiger partial charge is 0.251 e. The maximum absolute atomic E-state index is 12.2. The molecule has 0 aliphatic rings. The van der Waals surface area contributed by atoms with E-state index in [1.165, 1.54) is 22.7 Å². The third-order valence-electron chi connectivity index (χ3n) is 4.58. The molecule has 0 radical (unpaired) electrons. The molecule has 6 N–H and O–H groups in total. The summed E-state index contributed by atoms with van der Waals surface area (Å²) in [4.78, 5) is 49.4. The van der Waals surface area contributed by atoms with Crippen LogP contribution < -0.4 is 22.1 Å². The molecule has 29 heavy (non-hydrogen) atoms. The van der Waals surface area contributed by atoms with Crippen LogP contribution >= 0.6 is 22.7 Å². The van der Waals surface area contributed by atoms with Crippen molar-refractivity contribution in [2.24, 2.45) is 11.5 Å². The second-order valence-electron chi connectivity index (χ2n) is 6.65. The molecule has 0 aliphatic heterocycles. The highest BCUT2D eigenvalue weighted by Crippen LogP contribution is 2.33. The molecule has 2 aromatic rings. The number of primary amides is 2. The standard InChI is InChI=1S/C19H24N4O4S2/c1-8-10(3)28-18(14(8)16(20)26)22-12(24)6-5-7-13(25)23-19-15(17(21)27)9(2)11(4)29-19/h5-7H2,1-4H3,(H2,20,26)(H2,21,27)(H,22,24)(H,23,25). The average molecular weight is 437 g/mol. The molecule has 10 heteroatoms. The number of amides is 4. The Labute approximate surface area is 176 Å². The minimum atomic E-state index is -0.590. The van der Waals surface area contributed by atoms with E-state index in [1.807, 2.05) is 13.8 Å². The molecule has 0 spiro atoms. The molecule has 156 valence electrons. The number of rotatable bonds is 8. The molecular weight excluding hydrogens is 412 g/mol. The lowest BCUT2D eigenvalue weighted by atomic mass is 10.1. The fourth-order valence-corrected chi connectivity index (χ4v) is 4.98. The average Bonchev–Trinajstić information content (AvgIpc) is 3.03. The minimum absolute atomic E-state index is 0.104. The number of thiophene rings is 2. The molecule has 2 heterocycles. The van der Waals surface area contributed by atoms with Crippen molar-refractivity contribution in [3.8, 4) is 0 Å². The van der Waals surface area contributed by atoms with Crippen molar-refractivity contribution in [1.29, 1.82) is 0 Å². The van der Waals surface area contributed by atoms with Gasteiger partial charge < -0.3 is 22.1 Å². The first-order valence-electron chi connectivity index (χ1n) is 8.92. The van der Waals surface area contributed by atoms with E-state index in [0.717, 1.165) is 20.9 Å². The highest BCUT2D eigenvalue weighted by Gasteiger charge is 2.20. The van der Waals surface area contributed by atoms with Gasteiger partial charge in [0.2, 0.25) is 11.8 Å². The van der Waals surface area contributed by atoms with Crippen molar-refractivity contribution in [2.75, 3.05) is 10.6 Å². The van der Waals surface area contributed by atoms with Crippen LogP contribution in [-0.2, 0) is 9.59 Å². The summed E-state index contributed by atoms with van der Waals surface area (Å²) in [5.41, 5.74) is 12.9. The van der Waals surface area contributed by atoms with Gasteiger partial charge in [-0.2, -0.15) is 0 Å². The third-order valence-corrected chi connectivity index (χ3v) is 6.82. The first-order chi connectivity index (χ1) is 13.5. The summed E-state index contributed by atoms with van der Waals surface area (Å²) in [5, 5.41) is 6.26. The van der Waals surface area contributed by atoms with Crippen LogP contribution in [0, 0.1) is 27.7 Å². The van der Waals surface area contributed by atoms with E-state index < -0.39 is 11.8 Å². The van der Waals surface area contributed by atoms with Gasteiger partial charge in [-0.3, -0.25) is 19.2 Å². The molecule has 0 saturated heterocycles. The van der Waals surface area contributed by atoms with E-state index >= 15 is 0 Å². The summed E-state index contributed by atoms with van der Waals surface area (Å²) in [6.07, 6.45) is 0.516. The van der Waals surface area contributed by atoms with Gasteiger partial charge in [0.15, 0.2) is 0 Å². The van der Waals surface area contributed by atoms with Gasteiger partial charge in [-0.05, 0) is 45.2 Å². The summed E-state index contributed by atoms with van der Waals surface area (Å²) in [6, 6.07) is 0. The minimum Gasteiger partial charge on any atom is -0.365 e. The number of hydrogen-bond donors (Lipinski definition) is 4. The van der Waals surface area contributed by atoms with Gasteiger partial charge in [-0.25, -0.2) is 0 Å².